The highest BCUT2D eigenvalue weighted by Gasteiger charge is 2.38. The van der Waals surface area contributed by atoms with Crippen LogP contribution in [-0.4, -0.2) is 90.6 Å². The molecule has 9 nitrogen and oxygen atoms in total. The van der Waals surface area contributed by atoms with Crippen LogP contribution < -0.4 is 10.3 Å². The van der Waals surface area contributed by atoms with Crippen LogP contribution in [0.3, 0.4) is 0 Å². The van der Waals surface area contributed by atoms with Gasteiger partial charge >= 0.3 is 12.1 Å². The third kappa shape index (κ3) is 6.27. The van der Waals surface area contributed by atoms with E-state index >= 15 is 0 Å². The van der Waals surface area contributed by atoms with Crippen molar-refractivity contribution in [3.05, 3.63) is 39.5 Å². The first kappa shape index (κ1) is 29.4. The monoisotopic (exact) mass is 557 g/mol. The Labute approximate surface area is 220 Å². The zero-order valence-electron chi connectivity index (χ0n) is 21.5. The molecule has 4 rings (SSSR count). The van der Waals surface area contributed by atoms with E-state index in [9.17, 15) is 22.8 Å². The first-order valence-corrected chi connectivity index (χ1v) is 12.7. The van der Waals surface area contributed by atoms with Crippen molar-refractivity contribution in [2.45, 2.75) is 25.6 Å². The lowest BCUT2D eigenvalue weighted by molar-refractivity contribution is -0.192. The van der Waals surface area contributed by atoms with Crippen LogP contribution in [0.4, 0.5) is 13.2 Å². The maximum atomic E-state index is 13.5. The quantitative estimate of drug-likeness (QED) is 0.443. The average Bonchev–Trinajstić information content (AvgIpc) is 3.48. The molecule has 0 radical (unpaired) electrons. The highest BCUT2D eigenvalue weighted by atomic mass is 32.1. The molecule has 0 bridgehead atoms. The third-order valence-corrected chi connectivity index (χ3v) is 7.43. The molecular weight excluding hydrogens is 527 g/mol. The van der Waals surface area contributed by atoms with Gasteiger partial charge in [-0.25, -0.2) is 4.79 Å². The minimum Gasteiger partial charge on any atom is -0.489 e. The molecular formula is C25H30F3N3O6S. The van der Waals surface area contributed by atoms with E-state index in [0.29, 0.717) is 29.2 Å². The number of hydrogen-bond donors (Lipinski definition) is 1. The number of likely N-dealkylation sites (tertiary alicyclic amines) is 1. The van der Waals surface area contributed by atoms with Crippen LogP contribution in [-0.2, 0) is 16.6 Å². The van der Waals surface area contributed by atoms with Crippen molar-refractivity contribution < 1.29 is 37.3 Å². The lowest BCUT2D eigenvalue weighted by Crippen LogP contribution is -2.38. The molecule has 1 aliphatic heterocycles. The van der Waals surface area contributed by atoms with Gasteiger partial charge in [-0.05, 0) is 33.0 Å². The minimum atomic E-state index is -5.08. The molecule has 1 atom stereocenters. The van der Waals surface area contributed by atoms with E-state index in [0.717, 1.165) is 35.1 Å². The topological polar surface area (TPSA) is 101 Å². The second-order valence-corrected chi connectivity index (χ2v) is 9.84. The van der Waals surface area contributed by atoms with Crippen LogP contribution in [0.2, 0.25) is 0 Å². The molecule has 1 unspecified atom stereocenters. The van der Waals surface area contributed by atoms with Crippen LogP contribution in [0.15, 0.2) is 29.1 Å². The predicted molar refractivity (Wildman–Crippen MR) is 138 cm³/mol. The number of ether oxygens (including phenoxy) is 2. The van der Waals surface area contributed by atoms with E-state index < -0.39 is 12.1 Å². The molecule has 208 valence electrons. The van der Waals surface area contributed by atoms with Gasteiger partial charge in [-0.15, -0.1) is 11.3 Å². The lowest BCUT2D eigenvalue weighted by Gasteiger charge is -2.24. The first-order valence-electron chi connectivity index (χ1n) is 11.9. The van der Waals surface area contributed by atoms with Crippen molar-refractivity contribution in [3.63, 3.8) is 0 Å². The van der Waals surface area contributed by atoms with E-state index in [1.165, 1.54) is 11.3 Å². The number of nitrogens with zero attached hydrogens (tertiary/aromatic N) is 3. The normalized spacial score (nSPS) is 15.9. The van der Waals surface area contributed by atoms with Crippen LogP contribution in [0.25, 0.3) is 21.0 Å². The smallest absolute Gasteiger partial charge is 0.489 e. The maximum Gasteiger partial charge on any atom is 0.490 e. The summed E-state index contributed by atoms with van der Waals surface area (Å²) in [6.07, 6.45) is -4.14. The van der Waals surface area contributed by atoms with E-state index in [1.807, 2.05) is 38.2 Å². The zero-order chi connectivity index (χ0) is 28.2. The van der Waals surface area contributed by atoms with Gasteiger partial charge in [0.25, 0.3) is 11.5 Å². The van der Waals surface area contributed by atoms with Gasteiger partial charge in [-0.3, -0.25) is 9.59 Å². The SMILES string of the molecule is CCOCCOc1c(C(=O)N(C)C2CCN(C)C2)sc2c1c(=O)n(C)c1ccccc21.O=C(O)C(F)(F)F. The highest BCUT2D eigenvalue weighted by Crippen LogP contribution is 2.40. The Hall–Kier alpha value is -3.16. The second kappa shape index (κ2) is 12.1. The number of fused-ring (bicyclic) bond motifs is 3. The molecule has 1 amide bonds. The number of halogens is 3. The standard InChI is InChI=1S/C23H29N3O4S.C2HF3O2/c1-5-29-12-13-30-19-18-20(16-8-6-7-9-17(16)26(4)22(18)27)31-21(19)23(28)25(3)15-10-11-24(2)14-15;3-2(4,5)1(6)7/h6-9,15H,5,10-14H2,1-4H3;(H,6,7). The number of benzene rings is 1. The van der Waals surface area contributed by atoms with Crippen molar-refractivity contribution in [2.24, 2.45) is 7.05 Å². The van der Waals surface area contributed by atoms with Gasteiger partial charge in [-0.1, -0.05) is 18.2 Å². The first-order chi connectivity index (χ1) is 17.9. The van der Waals surface area contributed by atoms with Gasteiger partial charge in [0.1, 0.15) is 16.9 Å². The number of carboxylic acid groups (broad SMARTS) is 1. The summed E-state index contributed by atoms with van der Waals surface area (Å²) in [5.74, 6) is -2.47. The van der Waals surface area contributed by atoms with Crippen LogP contribution in [0, 0.1) is 0 Å². The van der Waals surface area contributed by atoms with E-state index in [2.05, 4.69) is 11.9 Å². The molecule has 2 aromatic heterocycles. The Bertz CT molecular complexity index is 1370. The molecule has 1 aromatic carbocycles. The number of carboxylic acids is 1. The van der Waals surface area contributed by atoms with Gasteiger partial charge in [0.15, 0.2) is 5.75 Å². The van der Waals surface area contributed by atoms with Crippen molar-refractivity contribution in [2.75, 3.05) is 47.0 Å². The molecule has 3 aromatic rings. The Morgan fingerprint density at radius 1 is 1.21 bits per heavy atom. The van der Waals surface area contributed by atoms with E-state index in [-0.39, 0.29) is 24.1 Å². The maximum absolute atomic E-state index is 13.5. The Morgan fingerprint density at radius 2 is 1.87 bits per heavy atom. The number of carbonyl (C=O) groups is 2. The number of amides is 1. The van der Waals surface area contributed by atoms with Gasteiger partial charge in [0, 0.05) is 38.7 Å². The molecule has 0 saturated carbocycles. The zero-order valence-corrected chi connectivity index (χ0v) is 22.3. The third-order valence-electron chi connectivity index (χ3n) is 6.24. The molecule has 3 heterocycles. The fraction of sp³-hybridized carbons (Fsp3) is 0.480. The van der Waals surface area contributed by atoms with Crippen LogP contribution in [0.5, 0.6) is 5.75 Å². The largest absolute Gasteiger partial charge is 0.490 e. The second-order valence-electron chi connectivity index (χ2n) is 8.81. The summed E-state index contributed by atoms with van der Waals surface area (Å²) < 4.78 is 45.6. The Morgan fingerprint density at radius 3 is 2.45 bits per heavy atom. The van der Waals surface area contributed by atoms with E-state index in [4.69, 9.17) is 19.4 Å². The van der Waals surface area contributed by atoms with Crippen molar-refractivity contribution in [3.8, 4) is 5.75 Å². The number of aromatic nitrogens is 1. The number of likely N-dealkylation sites (N-methyl/N-ethyl adjacent to an activating group) is 2. The molecule has 0 aliphatic carbocycles. The molecule has 13 heteroatoms. The molecule has 1 N–H and O–H groups in total. The summed E-state index contributed by atoms with van der Waals surface area (Å²) in [5, 5.41) is 8.55. The summed E-state index contributed by atoms with van der Waals surface area (Å²) >= 11 is 1.35. The van der Waals surface area contributed by atoms with Gasteiger partial charge in [-0.2, -0.15) is 13.2 Å². The summed E-state index contributed by atoms with van der Waals surface area (Å²) in [4.78, 5) is 40.2. The lowest BCUT2D eigenvalue weighted by atomic mass is 10.1. The van der Waals surface area contributed by atoms with Gasteiger partial charge < -0.3 is 28.9 Å². The number of alkyl halides is 3. The highest BCUT2D eigenvalue weighted by molar-refractivity contribution is 7.22. The van der Waals surface area contributed by atoms with Gasteiger partial charge in [0.05, 0.1) is 16.8 Å². The number of pyridine rings is 1. The number of aliphatic carboxylic acids is 1. The predicted octanol–water partition coefficient (Wildman–Crippen LogP) is 3.58. The van der Waals surface area contributed by atoms with Crippen molar-refractivity contribution >= 4 is 44.2 Å². The number of para-hydroxylation sites is 1. The molecule has 1 aliphatic rings. The molecule has 1 fully saturated rings. The summed E-state index contributed by atoms with van der Waals surface area (Å²) in [6, 6.07) is 7.92. The Kier molecular flexibility index (Phi) is 9.39. The number of hydrogen-bond acceptors (Lipinski definition) is 7. The van der Waals surface area contributed by atoms with Crippen molar-refractivity contribution in [1.82, 2.24) is 14.4 Å². The number of thiophene rings is 1. The Balaban J connectivity index is 0.000000505. The summed E-state index contributed by atoms with van der Waals surface area (Å²) in [7, 11) is 5.67. The van der Waals surface area contributed by atoms with E-state index in [1.54, 1.807) is 16.5 Å². The minimum absolute atomic E-state index is 0.0981. The number of aryl methyl sites for hydroxylation is 1. The number of rotatable bonds is 7. The molecule has 38 heavy (non-hydrogen) atoms. The van der Waals surface area contributed by atoms with Crippen LogP contribution in [0.1, 0.15) is 23.0 Å². The number of carbonyl (C=O) groups excluding carboxylic acids is 1. The molecule has 1 saturated heterocycles. The fourth-order valence-corrected chi connectivity index (χ4v) is 5.47. The van der Waals surface area contributed by atoms with Gasteiger partial charge in [0.2, 0.25) is 0 Å². The van der Waals surface area contributed by atoms with Crippen LogP contribution >= 0.6 is 11.3 Å². The summed E-state index contributed by atoms with van der Waals surface area (Å²) in [6.45, 7) is 5.01. The summed E-state index contributed by atoms with van der Waals surface area (Å²) in [5.41, 5.74) is 0.686. The average molecular weight is 558 g/mol. The fourth-order valence-electron chi connectivity index (χ4n) is 4.21. The molecule has 0 spiro atoms. The van der Waals surface area contributed by atoms with Crippen molar-refractivity contribution in [1.29, 1.82) is 0 Å².